The summed E-state index contributed by atoms with van der Waals surface area (Å²) in [7, 11) is 0. The van der Waals surface area contributed by atoms with Gasteiger partial charge in [-0.2, -0.15) is 9.50 Å². The van der Waals surface area contributed by atoms with Gasteiger partial charge < -0.3 is 9.73 Å². The number of anilines is 1. The summed E-state index contributed by atoms with van der Waals surface area (Å²) in [6.07, 6.45) is 4.51. The number of aryl methyl sites for hydroxylation is 1. The van der Waals surface area contributed by atoms with Crippen LogP contribution in [0, 0.1) is 6.92 Å². The highest BCUT2D eigenvalue weighted by Crippen LogP contribution is 2.41. The molecule has 3 aromatic heterocycles. The molecular formula is C22H23N5O. The molecule has 0 aliphatic carbocycles. The summed E-state index contributed by atoms with van der Waals surface area (Å²) >= 11 is 0. The molecule has 0 radical (unpaired) electrons. The zero-order valence-corrected chi connectivity index (χ0v) is 16.5. The molecule has 6 heteroatoms. The summed E-state index contributed by atoms with van der Waals surface area (Å²) in [6, 6.07) is 10.2. The van der Waals surface area contributed by atoms with E-state index in [0.717, 1.165) is 17.7 Å². The third-order valence-corrected chi connectivity index (χ3v) is 5.48. The van der Waals surface area contributed by atoms with Gasteiger partial charge >= 0.3 is 0 Å². The molecule has 28 heavy (non-hydrogen) atoms. The highest BCUT2D eigenvalue weighted by atomic mass is 16.3. The maximum atomic E-state index is 5.45. The Morgan fingerprint density at radius 1 is 1.25 bits per heavy atom. The van der Waals surface area contributed by atoms with E-state index in [2.05, 4.69) is 60.2 Å². The Labute approximate surface area is 163 Å². The van der Waals surface area contributed by atoms with E-state index in [4.69, 9.17) is 4.42 Å². The molecule has 4 heterocycles. The topological polar surface area (TPSA) is 68.2 Å². The molecule has 1 atom stereocenters. The maximum absolute atomic E-state index is 5.45. The molecule has 0 fully saturated rings. The average Bonchev–Trinajstić information content (AvgIpc) is 3.29. The summed E-state index contributed by atoms with van der Waals surface area (Å²) in [5.74, 6) is 2.22. The van der Waals surface area contributed by atoms with Crippen molar-refractivity contribution >= 4 is 11.5 Å². The number of hydrogen-bond donors (Lipinski definition) is 1. The average molecular weight is 373 g/mol. The standard InChI is InChI=1S/C22H23N5O/c1-13-10-17-15(14(2)12-22(3,4)25-17)11-16(13)18-7-8-23-21-24-20(26-27(18)21)19-6-5-9-28-19/h5-11,14,25H,12H2,1-4H3/t14-/m1/s1. The van der Waals surface area contributed by atoms with Crippen LogP contribution < -0.4 is 5.32 Å². The second-order valence-corrected chi connectivity index (χ2v) is 8.32. The third kappa shape index (κ3) is 2.68. The fourth-order valence-corrected chi connectivity index (χ4v) is 4.32. The number of rotatable bonds is 2. The van der Waals surface area contributed by atoms with Gasteiger partial charge in [0.25, 0.3) is 5.78 Å². The molecule has 6 nitrogen and oxygen atoms in total. The van der Waals surface area contributed by atoms with Gasteiger partial charge in [0, 0.05) is 23.0 Å². The first-order chi connectivity index (χ1) is 13.4. The van der Waals surface area contributed by atoms with Gasteiger partial charge in [0.15, 0.2) is 5.76 Å². The van der Waals surface area contributed by atoms with Gasteiger partial charge in [-0.1, -0.05) is 6.92 Å². The molecule has 0 unspecified atom stereocenters. The van der Waals surface area contributed by atoms with Gasteiger partial charge in [-0.3, -0.25) is 0 Å². The van der Waals surface area contributed by atoms with Crippen molar-refractivity contribution < 1.29 is 4.42 Å². The SMILES string of the molecule is Cc1cc2c(cc1-c1ccnc3nc(-c4ccco4)nn13)[C@H](C)CC(C)(C)N2. The number of benzene rings is 1. The number of nitrogens with one attached hydrogen (secondary N) is 1. The Morgan fingerprint density at radius 3 is 2.89 bits per heavy atom. The van der Waals surface area contributed by atoms with Crippen molar-refractivity contribution in [3.8, 4) is 22.8 Å². The third-order valence-electron chi connectivity index (χ3n) is 5.48. The van der Waals surface area contributed by atoms with Gasteiger partial charge in [0.05, 0.1) is 12.0 Å². The van der Waals surface area contributed by atoms with Gasteiger partial charge in [-0.25, -0.2) is 4.98 Å². The summed E-state index contributed by atoms with van der Waals surface area (Å²) in [5.41, 5.74) is 6.00. The van der Waals surface area contributed by atoms with Crippen LogP contribution in [0.25, 0.3) is 28.6 Å². The molecule has 0 spiro atoms. The summed E-state index contributed by atoms with van der Waals surface area (Å²) < 4.78 is 7.25. The lowest BCUT2D eigenvalue weighted by Crippen LogP contribution is -2.36. The molecule has 1 aliphatic heterocycles. The van der Waals surface area contributed by atoms with E-state index >= 15 is 0 Å². The number of nitrogens with zero attached hydrogens (tertiary/aromatic N) is 4. The maximum Gasteiger partial charge on any atom is 0.253 e. The number of hydrogen-bond acceptors (Lipinski definition) is 5. The van der Waals surface area contributed by atoms with E-state index in [1.807, 2.05) is 18.2 Å². The van der Waals surface area contributed by atoms with Crippen molar-refractivity contribution in [1.82, 2.24) is 19.6 Å². The predicted molar refractivity (Wildman–Crippen MR) is 109 cm³/mol. The van der Waals surface area contributed by atoms with E-state index < -0.39 is 0 Å². The zero-order valence-electron chi connectivity index (χ0n) is 16.5. The first kappa shape index (κ1) is 17.0. The van der Waals surface area contributed by atoms with E-state index in [1.165, 1.54) is 16.8 Å². The normalized spacial score (nSPS) is 18.1. The van der Waals surface area contributed by atoms with Gasteiger partial charge in [0.2, 0.25) is 5.82 Å². The Bertz CT molecular complexity index is 1170. The van der Waals surface area contributed by atoms with Crippen LogP contribution in [0.2, 0.25) is 0 Å². The minimum absolute atomic E-state index is 0.105. The van der Waals surface area contributed by atoms with E-state index in [-0.39, 0.29) is 5.54 Å². The monoisotopic (exact) mass is 373 g/mol. The second kappa shape index (κ2) is 5.92. The highest BCUT2D eigenvalue weighted by molar-refractivity contribution is 5.73. The van der Waals surface area contributed by atoms with Gasteiger partial charge in [0.1, 0.15) is 0 Å². The van der Waals surface area contributed by atoms with Crippen LogP contribution in [-0.2, 0) is 0 Å². The quantitative estimate of drug-likeness (QED) is 0.532. The molecule has 0 amide bonds. The summed E-state index contributed by atoms with van der Waals surface area (Å²) in [4.78, 5) is 8.91. The lowest BCUT2D eigenvalue weighted by molar-refractivity contribution is 0.454. The van der Waals surface area contributed by atoms with Crippen molar-refractivity contribution in [2.75, 3.05) is 5.32 Å². The number of aromatic nitrogens is 4. The first-order valence-electron chi connectivity index (χ1n) is 9.60. The first-order valence-corrected chi connectivity index (χ1v) is 9.60. The number of fused-ring (bicyclic) bond motifs is 2. The van der Waals surface area contributed by atoms with Crippen LogP contribution in [0.1, 0.15) is 44.2 Å². The Morgan fingerprint density at radius 2 is 2.11 bits per heavy atom. The molecule has 0 bridgehead atoms. The second-order valence-electron chi connectivity index (χ2n) is 8.32. The fourth-order valence-electron chi connectivity index (χ4n) is 4.32. The van der Waals surface area contributed by atoms with E-state index in [0.29, 0.717) is 23.3 Å². The van der Waals surface area contributed by atoms with E-state index in [9.17, 15) is 0 Å². The summed E-state index contributed by atoms with van der Waals surface area (Å²) in [5, 5.41) is 8.35. The van der Waals surface area contributed by atoms with Crippen molar-refractivity contribution in [1.29, 1.82) is 0 Å². The molecule has 142 valence electrons. The largest absolute Gasteiger partial charge is 0.461 e. The van der Waals surface area contributed by atoms with Crippen molar-refractivity contribution in [2.45, 2.75) is 45.6 Å². The van der Waals surface area contributed by atoms with Crippen molar-refractivity contribution in [3.05, 3.63) is 53.9 Å². The summed E-state index contributed by atoms with van der Waals surface area (Å²) in [6.45, 7) is 8.95. The van der Waals surface area contributed by atoms with Gasteiger partial charge in [-0.15, -0.1) is 5.10 Å². The minimum atomic E-state index is 0.105. The van der Waals surface area contributed by atoms with E-state index in [1.54, 1.807) is 17.0 Å². The van der Waals surface area contributed by atoms with Crippen LogP contribution in [-0.4, -0.2) is 25.1 Å². The molecule has 1 aliphatic rings. The Kier molecular flexibility index (Phi) is 3.59. The highest BCUT2D eigenvalue weighted by Gasteiger charge is 2.30. The Balaban J connectivity index is 1.68. The molecule has 1 aromatic carbocycles. The predicted octanol–water partition coefficient (Wildman–Crippen LogP) is 5.06. The lowest BCUT2D eigenvalue weighted by atomic mass is 9.80. The van der Waals surface area contributed by atoms with Crippen molar-refractivity contribution in [3.63, 3.8) is 0 Å². The van der Waals surface area contributed by atoms with Crippen molar-refractivity contribution in [2.24, 2.45) is 0 Å². The molecule has 1 N–H and O–H groups in total. The zero-order chi connectivity index (χ0) is 19.5. The lowest BCUT2D eigenvalue weighted by Gasteiger charge is -2.38. The smallest absolute Gasteiger partial charge is 0.253 e. The van der Waals surface area contributed by atoms with Gasteiger partial charge in [-0.05, 0) is 74.6 Å². The minimum Gasteiger partial charge on any atom is -0.461 e. The fraction of sp³-hybridized carbons (Fsp3) is 0.318. The Hall–Kier alpha value is -3.15. The molecule has 5 rings (SSSR count). The van der Waals surface area contributed by atoms with Crippen LogP contribution in [0.5, 0.6) is 0 Å². The van der Waals surface area contributed by atoms with Crippen LogP contribution in [0.3, 0.4) is 0 Å². The molecule has 4 aromatic rings. The van der Waals surface area contributed by atoms with Crippen LogP contribution in [0.15, 0.2) is 47.2 Å². The molecular weight excluding hydrogens is 350 g/mol. The number of furan rings is 1. The molecule has 0 saturated heterocycles. The molecule has 0 saturated carbocycles. The van der Waals surface area contributed by atoms with Crippen LogP contribution >= 0.6 is 0 Å². The van der Waals surface area contributed by atoms with Crippen LogP contribution in [0.4, 0.5) is 5.69 Å².